The maximum absolute atomic E-state index is 9.72. The van der Waals surface area contributed by atoms with Gasteiger partial charge in [0.1, 0.15) is 14.2 Å². The number of benzene rings is 1. The molecule has 0 aliphatic heterocycles. The van der Waals surface area contributed by atoms with Crippen molar-refractivity contribution in [2.24, 2.45) is 0 Å². The Kier molecular flexibility index (Phi) is 4.79. The van der Waals surface area contributed by atoms with Gasteiger partial charge in [0.2, 0.25) is 0 Å². The van der Waals surface area contributed by atoms with Crippen LogP contribution in [0.1, 0.15) is 12.0 Å². The Morgan fingerprint density at radius 3 is 2.38 bits per heavy atom. The van der Waals surface area contributed by atoms with Crippen LogP contribution in [0.15, 0.2) is 30.3 Å². The normalized spacial score (nSPS) is 12.8. The number of aliphatic hydroxyl groups is 1. The minimum Gasteiger partial charge on any atom is -0.380 e. The summed E-state index contributed by atoms with van der Waals surface area (Å²) in [5.74, 6) is 2.96. The van der Waals surface area contributed by atoms with Crippen LogP contribution in [0.3, 0.4) is 0 Å². The van der Waals surface area contributed by atoms with Gasteiger partial charge in [-0.3, -0.25) is 0 Å². The summed E-state index contributed by atoms with van der Waals surface area (Å²) in [4.78, 5) is 0. The summed E-state index contributed by atoms with van der Waals surface area (Å²) in [5, 5.41) is 9.72. The van der Waals surface area contributed by atoms with Crippen molar-refractivity contribution in [2.45, 2.75) is 38.6 Å². The van der Waals surface area contributed by atoms with Gasteiger partial charge in [0.05, 0.1) is 0 Å². The molecule has 0 saturated carbocycles. The fourth-order valence-electron chi connectivity index (χ4n) is 1.32. The highest BCUT2D eigenvalue weighted by Gasteiger charge is 2.08. The Hall–Kier alpha value is -1.04. The SMILES string of the molecule is C[Si](C)(C)C#C[C@@H](O)CCc1ccccc1. The van der Waals surface area contributed by atoms with Gasteiger partial charge >= 0.3 is 0 Å². The second-order valence-corrected chi connectivity index (χ2v) is 9.81. The summed E-state index contributed by atoms with van der Waals surface area (Å²) in [6.45, 7) is 6.55. The predicted octanol–water partition coefficient (Wildman–Crippen LogP) is 2.86. The van der Waals surface area contributed by atoms with Gasteiger partial charge in [0.15, 0.2) is 0 Å². The molecule has 0 unspecified atom stereocenters. The Morgan fingerprint density at radius 2 is 1.81 bits per heavy atom. The summed E-state index contributed by atoms with van der Waals surface area (Å²) < 4.78 is 0. The Labute approximate surface area is 99.5 Å². The van der Waals surface area contributed by atoms with Crippen molar-refractivity contribution in [1.82, 2.24) is 0 Å². The van der Waals surface area contributed by atoms with E-state index in [-0.39, 0.29) is 0 Å². The smallest absolute Gasteiger partial charge is 0.129 e. The minimum atomic E-state index is -1.35. The second kappa shape index (κ2) is 5.88. The van der Waals surface area contributed by atoms with Gasteiger partial charge < -0.3 is 5.11 Å². The lowest BCUT2D eigenvalue weighted by Crippen LogP contribution is -2.18. The van der Waals surface area contributed by atoms with Crippen molar-refractivity contribution in [3.63, 3.8) is 0 Å². The van der Waals surface area contributed by atoms with E-state index in [0.717, 1.165) is 12.8 Å². The summed E-state index contributed by atoms with van der Waals surface area (Å²) in [5.41, 5.74) is 4.46. The van der Waals surface area contributed by atoms with Gasteiger partial charge in [-0.2, -0.15) is 0 Å². The van der Waals surface area contributed by atoms with Gasteiger partial charge in [-0.1, -0.05) is 55.9 Å². The van der Waals surface area contributed by atoms with Crippen LogP contribution in [0.5, 0.6) is 0 Å². The van der Waals surface area contributed by atoms with Crippen molar-refractivity contribution in [3.8, 4) is 11.5 Å². The number of hydrogen-bond donors (Lipinski definition) is 1. The summed E-state index contributed by atoms with van der Waals surface area (Å²) in [6.07, 6.45) is 1.14. The highest BCUT2D eigenvalue weighted by Crippen LogP contribution is 2.05. The zero-order chi connectivity index (χ0) is 12.0. The van der Waals surface area contributed by atoms with E-state index in [4.69, 9.17) is 0 Å². The Bertz CT molecular complexity index is 367. The Balaban J connectivity index is 2.41. The standard InChI is InChI=1S/C14H20OSi/c1-16(2,3)12-11-14(15)10-9-13-7-5-4-6-8-13/h4-8,14-15H,9-10H2,1-3H3/t14-/m0/s1. The first kappa shape index (κ1) is 13.0. The van der Waals surface area contributed by atoms with Gasteiger partial charge in [-0.05, 0) is 18.4 Å². The van der Waals surface area contributed by atoms with Crippen LogP contribution in [0, 0.1) is 11.5 Å². The van der Waals surface area contributed by atoms with E-state index in [1.54, 1.807) is 0 Å². The highest BCUT2D eigenvalue weighted by molar-refractivity contribution is 6.83. The third-order valence-electron chi connectivity index (χ3n) is 2.16. The molecule has 1 aromatic rings. The van der Waals surface area contributed by atoms with Crippen LogP contribution < -0.4 is 0 Å². The van der Waals surface area contributed by atoms with Crippen molar-refractivity contribution in [2.75, 3.05) is 0 Å². The third kappa shape index (κ3) is 5.74. The van der Waals surface area contributed by atoms with Crippen LogP contribution in [-0.4, -0.2) is 19.3 Å². The quantitative estimate of drug-likeness (QED) is 0.627. The van der Waals surface area contributed by atoms with E-state index in [1.165, 1.54) is 5.56 Å². The Morgan fingerprint density at radius 1 is 1.19 bits per heavy atom. The number of aryl methyl sites for hydroxylation is 1. The molecule has 0 amide bonds. The first-order valence-electron chi connectivity index (χ1n) is 5.72. The molecule has 0 bridgehead atoms. The zero-order valence-electron chi connectivity index (χ0n) is 10.3. The number of aliphatic hydroxyl groups excluding tert-OH is 1. The molecule has 0 aliphatic rings. The molecule has 0 aliphatic carbocycles. The van der Waals surface area contributed by atoms with Crippen LogP contribution in [-0.2, 0) is 6.42 Å². The molecule has 2 heteroatoms. The van der Waals surface area contributed by atoms with E-state index in [1.807, 2.05) is 18.2 Å². The fraction of sp³-hybridized carbons (Fsp3) is 0.429. The van der Waals surface area contributed by atoms with Crippen LogP contribution >= 0.6 is 0 Å². The lowest BCUT2D eigenvalue weighted by Gasteiger charge is -2.07. The lowest BCUT2D eigenvalue weighted by atomic mass is 10.1. The topological polar surface area (TPSA) is 20.2 Å². The monoisotopic (exact) mass is 232 g/mol. The largest absolute Gasteiger partial charge is 0.380 e. The molecular weight excluding hydrogens is 212 g/mol. The maximum atomic E-state index is 9.72. The average Bonchev–Trinajstić information content (AvgIpc) is 2.24. The fourth-order valence-corrected chi connectivity index (χ4v) is 1.92. The predicted molar refractivity (Wildman–Crippen MR) is 71.9 cm³/mol. The molecular formula is C14H20OSi. The molecule has 0 fully saturated rings. The summed E-state index contributed by atoms with van der Waals surface area (Å²) in [6, 6.07) is 10.2. The lowest BCUT2D eigenvalue weighted by molar-refractivity contribution is 0.222. The minimum absolute atomic E-state index is 0.480. The van der Waals surface area contributed by atoms with E-state index in [2.05, 4.69) is 43.2 Å². The van der Waals surface area contributed by atoms with Crippen LogP contribution in [0.4, 0.5) is 0 Å². The molecule has 1 atom stereocenters. The van der Waals surface area contributed by atoms with Gasteiger partial charge in [-0.25, -0.2) is 0 Å². The van der Waals surface area contributed by atoms with Crippen molar-refractivity contribution >= 4 is 8.07 Å². The maximum Gasteiger partial charge on any atom is 0.129 e. The number of hydrogen-bond acceptors (Lipinski definition) is 1. The molecule has 86 valence electrons. The van der Waals surface area contributed by atoms with Gasteiger partial charge in [-0.15, -0.1) is 5.54 Å². The molecule has 0 radical (unpaired) electrons. The molecule has 0 aromatic heterocycles. The molecule has 1 aromatic carbocycles. The molecule has 1 N–H and O–H groups in total. The van der Waals surface area contributed by atoms with Crippen molar-refractivity contribution < 1.29 is 5.11 Å². The van der Waals surface area contributed by atoms with Crippen LogP contribution in [0.2, 0.25) is 19.6 Å². The molecule has 1 rings (SSSR count). The molecule has 16 heavy (non-hydrogen) atoms. The van der Waals surface area contributed by atoms with Gasteiger partial charge in [0.25, 0.3) is 0 Å². The molecule has 0 spiro atoms. The van der Waals surface area contributed by atoms with Crippen molar-refractivity contribution in [1.29, 1.82) is 0 Å². The van der Waals surface area contributed by atoms with E-state index in [9.17, 15) is 5.11 Å². The van der Waals surface area contributed by atoms with Crippen molar-refractivity contribution in [3.05, 3.63) is 35.9 Å². The second-order valence-electron chi connectivity index (χ2n) is 5.06. The zero-order valence-corrected chi connectivity index (χ0v) is 11.3. The molecule has 1 nitrogen and oxygen atoms in total. The summed E-state index contributed by atoms with van der Waals surface area (Å²) >= 11 is 0. The third-order valence-corrected chi connectivity index (χ3v) is 3.06. The van der Waals surface area contributed by atoms with Crippen LogP contribution in [0.25, 0.3) is 0 Å². The number of rotatable bonds is 3. The molecule has 0 heterocycles. The average molecular weight is 232 g/mol. The first-order valence-corrected chi connectivity index (χ1v) is 9.22. The van der Waals surface area contributed by atoms with Gasteiger partial charge in [0, 0.05) is 0 Å². The molecule has 0 saturated heterocycles. The van der Waals surface area contributed by atoms with E-state index < -0.39 is 14.2 Å². The highest BCUT2D eigenvalue weighted by atomic mass is 28.3. The van der Waals surface area contributed by atoms with E-state index >= 15 is 0 Å². The van der Waals surface area contributed by atoms with E-state index in [0.29, 0.717) is 0 Å². The first-order chi connectivity index (χ1) is 7.47. The summed E-state index contributed by atoms with van der Waals surface area (Å²) in [7, 11) is -1.35.